The van der Waals surface area contributed by atoms with Crippen LogP contribution in [0.25, 0.3) is 6.08 Å². The van der Waals surface area contributed by atoms with Gasteiger partial charge in [0, 0.05) is 12.1 Å². The van der Waals surface area contributed by atoms with Crippen LogP contribution in [0.1, 0.15) is 67.6 Å². The van der Waals surface area contributed by atoms with E-state index in [0.717, 1.165) is 35.2 Å². The molecule has 2 amide bonds. The van der Waals surface area contributed by atoms with Crippen LogP contribution in [0, 0.1) is 0 Å². The highest BCUT2D eigenvalue weighted by Gasteiger charge is 2.40. The summed E-state index contributed by atoms with van der Waals surface area (Å²) in [5.41, 5.74) is -4.98. The van der Waals surface area contributed by atoms with Gasteiger partial charge in [0.05, 0.1) is 37.7 Å². The van der Waals surface area contributed by atoms with Crippen LogP contribution in [0.15, 0.2) is 36.4 Å². The maximum Gasteiger partial charge on any atom is 0.417 e. The molecule has 226 valence electrons. The first-order chi connectivity index (χ1) is 18.4. The van der Waals surface area contributed by atoms with E-state index in [0.29, 0.717) is 12.1 Å². The molecule has 2 aromatic carbocycles. The molecule has 0 spiro atoms. The number of amides is 2. The third-order valence-electron chi connectivity index (χ3n) is 5.84. The van der Waals surface area contributed by atoms with Crippen LogP contribution < -0.4 is 5.32 Å². The van der Waals surface area contributed by atoms with Crippen molar-refractivity contribution in [2.45, 2.75) is 64.0 Å². The van der Waals surface area contributed by atoms with Crippen LogP contribution in [0.4, 0.5) is 31.1 Å². The quantitative estimate of drug-likeness (QED) is 0.233. The highest BCUT2D eigenvalue weighted by atomic mass is 35.5. The van der Waals surface area contributed by atoms with Gasteiger partial charge in [-0.2, -0.15) is 26.3 Å². The first-order valence-electron chi connectivity index (χ1n) is 11.9. The van der Waals surface area contributed by atoms with Gasteiger partial charge in [0.15, 0.2) is 0 Å². The summed E-state index contributed by atoms with van der Waals surface area (Å²) >= 11 is 17.5. The number of nitrogens with zero attached hydrogens (tertiary/aromatic N) is 1. The molecule has 2 N–H and O–H groups in total. The molecular formula is C27H27Cl3F6N2O3. The molecule has 0 aliphatic rings. The van der Waals surface area contributed by atoms with Crippen LogP contribution in [0.2, 0.25) is 15.1 Å². The van der Waals surface area contributed by atoms with Crippen LogP contribution in [0.3, 0.4) is 0 Å². The van der Waals surface area contributed by atoms with Crippen molar-refractivity contribution in [2.75, 3.05) is 6.54 Å². The van der Waals surface area contributed by atoms with Crippen molar-refractivity contribution in [3.63, 3.8) is 0 Å². The average molecular weight is 648 g/mol. The Kier molecular flexibility index (Phi) is 10.4. The summed E-state index contributed by atoms with van der Waals surface area (Å²) in [5, 5.41) is 11.3. The van der Waals surface area contributed by atoms with Gasteiger partial charge in [-0.25, -0.2) is 4.79 Å². The van der Waals surface area contributed by atoms with E-state index in [4.69, 9.17) is 34.8 Å². The summed E-state index contributed by atoms with van der Waals surface area (Å²) < 4.78 is 83.4. The lowest BCUT2D eigenvalue weighted by atomic mass is 9.95. The molecule has 5 nitrogen and oxygen atoms in total. The molecule has 41 heavy (non-hydrogen) atoms. The lowest BCUT2D eigenvalue weighted by Crippen LogP contribution is -2.57. The van der Waals surface area contributed by atoms with Gasteiger partial charge in [-0.3, -0.25) is 4.79 Å². The van der Waals surface area contributed by atoms with E-state index in [2.05, 4.69) is 5.32 Å². The monoisotopic (exact) mass is 646 g/mol. The van der Waals surface area contributed by atoms with Gasteiger partial charge < -0.3 is 15.3 Å². The number of rotatable bonds is 7. The lowest BCUT2D eigenvalue weighted by molar-refractivity contribution is -0.139. The van der Waals surface area contributed by atoms with Crippen molar-refractivity contribution in [3.05, 3.63) is 73.7 Å². The van der Waals surface area contributed by atoms with Crippen molar-refractivity contribution in [3.8, 4) is 0 Å². The fourth-order valence-corrected chi connectivity index (χ4v) is 4.48. The number of alkyl halides is 6. The van der Waals surface area contributed by atoms with E-state index < -0.39 is 52.5 Å². The summed E-state index contributed by atoms with van der Waals surface area (Å²) in [6, 6.07) is 4.36. The molecule has 2 aromatic rings. The third-order valence-corrected chi connectivity index (χ3v) is 7.04. The molecule has 0 bridgehead atoms. The maximum atomic E-state index is 14.0. The molecular weight excluding hydrogens is 621 g/mol. The van der Waals surface area contributed by atoms with E-state index in [9.17, 15) is 41.0 Å². The summed E-state index contributed by atoms with van der Waals surface area (Å²) in [6.07, 6.45) is -9.70. The molecule has 0 fully saturated rings. The summed E-state index contributed by atoms with van der Waals surface area (Å²) in [6.45, 7) is 7.51. The SMILES string of the molecule is CC(C)(CN(C(=O)O)C(C)(C)C)NC(=O)c1ccc(C=CC(c2cc(Cl)c(Cl)c(Cl)c2)C(F)(F)F)cc1C(F)(F)F. The van der Waals surface area contributed by atoms with Crippen LogP contribution in [-0.4, -0.2) is 45.8 Å². The Morgan fingerprint density at radius 2 is 1.49 bits per heavy atom. The minimum absolute atomic E-state index is 0.150. The molecule has 2 rings (SSSR count). The Labute approximate surface area is 248 Å². The van der Waals surface area contributed by atoms with Gasteiger partial charge in [0.25, 0.3) is 5.91 Å². The van der Waals surface area contributed by atoms with Crippen LogP contribution >= 0.6 is 34.8 Å². The maximum absolute atomic E-state index is 14.0. The lowest BCUT2D eigenvalue weighted by Gasteiger charge is -2.39. The number of halogens is 9. The van der Waals surface area contributed by atoms with Crippen molar-refractivity contribution < 1.29 is 41.0 Å². The standard InChI is InChI=1S/C27H27Cl3F6N2O3/c1-24(2,3)38(23(40)41)13-25(4,5)37-22(39)16-8-6-14(10-18(16)27(34,35)36)7-9-17(26(31,32)33)15-11-19(28)21(30)20(29)12-15/h6-12,17H,13H2,1-5H3,(H,37,39)(H,40,41). The zero-order chi connectivity index (χ0) is 31.7. The first-order valence-corrected chi connectivity index (χ1v) is 13.0. The highest BCUT2D eigenvalue weighted by Crippen LogP contribution is 2.41. The number of hydrogen-bond acceptors (Lipinski definition) is 2. The van der Waals surface area contributed by atoms with Crippen molar-refractivity contribution in [1.82, 2.24) is 10.2 Å². The summed E-state index contributed by atoms with van der Waals surface area (Å²) in [4.78, 5) is 25.6. The number of nitrogens with one attached hydrogen (secondary N) is 1. The molecule has 0 radical (unpaired) electrons. The van der Waals surface area contributed by atoms with E-state index >= 15 is 0 Å². The Bertz CT molecular complexity index is 1310. The van der Waals surface area contributed by atoms with Crippen LogP contribution in [-0.2, 0) is 6.18 Å². The molecule has 0 saturated heterocycles. The van der Waals surface area contributed by atoms with E-state index in [1.807, 2.05) is 0 Å². The van der Waals surface area contributed by atoms with Gasteiger partial charge in [0.2, 0.25) is 0 Å². The second kappa shape index (κ2) is 12.3. The Balaban J connectivity index is 2.45. The Morgan fingerprint density at radius 3 is 1.93 bits per heavy atom. The van der Waals surface area contributed by atoms with Crippen molar-refractivity contribution in [2.24, 2.45) is 0 Å². The Hall–Kier alpha value is -2.63. The van der Waals surface area contributed by atoms with Gasteiger partial charge in [-0.1, -0.05) is 53.0 Å². The van der Waals surface area contributed by atoms with Gasteiger partial charge >= 0.3 is 18.4 Å². The van der Waals surface area contributed by atoms with Gasteiger partial charge in [0.1, 0.15) is 0 Å². The summed E-state index contributed by atoms with van der Waals surface area (Å²) in [5.74, 6) is -3.43. The predicted octanol–water partition coefficient (Wildman–Crippen LogP) is 9.31. The molecule has 14 heteroatoms. The number of carbonyl (C=O) groups is 2. The molecule has 1 atom stereocenters. The Morgan fingerprint density at radius 1 is 0.951 bits per heavy atom. The smallest absolute Gasteiger partial charge is 0.417 e. The molecule has 0 saturated carbocycles. The fourth-order valence-electron chi connectivity index (χ4n) is 3.87. The topological polar surface area (TPSA) is 69.6 Å². The highest BCUT2D eigenvalue weighted by molar-refractivity contribution is 6.48. The van der Waals surface area contributed by atoms with Gasteiger partial charge in [-0.15, -0.1) is 0 Å². The van der Waals surface area contributed by atoms with E-state index in [-0.39, 0.29) is 32.7 Å². The molecule has 0 aliphatic heterocycles. The first kappa shape index (κ1) is 34.6. The second-order valence-corrected chi connectivity index (χ2v) is 12.0. The number of carbonyl (C=O) groups excluding carboxylic acids is 1. The van der Waals surface area contributed by atoms with Crippen LogP contribution in [0.5, 0.6) is 0 Å². The minimum Gasteiger partial charge on any atom is -0.465 e. The fraction of sp³-hybridized carbons (Fsp3) is 0.407. The predicted molar refractivity (Wildman–Crippen MR) is 147 cm³/mol. The number of benzene rings is 2. The zero-order valence-corrected chi connectivity index (χ0v) is 24.7. The average Bonchev–Trinajstić information content (AvgIpc) is 2.78. The molecule has 1 unspecified atom stereocenters. The number of carboxylic acid groups (broad SMARTS) is 1. The normalized spacial score (nSPS) is 13.8. The summed E-state index contributed by atoms with van der Waals surface area (Å²) in [7, 11) is 0. The van der Waals surface area contributed by atoms with Crippen molar-refractivity contribution in [1.29, 1.82) is 0 Å². The number of hydrogen-bond donors (Lipinski definition) is 2. The largest absolute Gasteiger partial charge is 0.465 e. The molecule has 0 aliphatic carbocycles. The molecule has 0 heterocycles. The molecule has 0 aromatic heterocycles. The van der Waals surface area contributed by atoms with E-state index in [1.165, 1.54) is 13.8 Å². The van der Waals surface area contributed by atoms with Crippen molar-refractivity contribution >= 4 is 52.9 Å². The second-order valence-electron chi connectivity index (χ2n) is 10.9. The number of allylic oxidation sites excluding steroid dienone is 1. The van der Waals surface area contributed by atoms with Gasteiger partial charge in [-0.05, 0) is 70.0 Å². The third kappa shape index (κ3) is 9.18. The van der Waals surface area contributed by atoms with E-state index in [1.54, 1.807) is 20.8 Å². The zero-order valence-electron chi connectivity index (χ0n) is 22.4. The minimum atomic E-state index is -5.04.